The summed E-state index contributed by atoms with van der Waals surface area (Å²) in [5.41, 5.74) is 3.30. The predicted molar refractivity (Wildman–Crippen MR) is 114 cm³/mol. The highest BCUT2D eigenvalue weighted by molar-refractivity contribution is 6.02. The summed E-state index contributed by atoms with van der Waals surface area (Å²) in [6.45, 7) is 6.07. The van der Waals surface area contributed by atoms with Gasteiger partial charge in [-0.05, 0) is 68.4 Å². The number of hydrogen-bond donors (Lipinski definition) is 2. The molecule has 29 heavy (non-hydrogen) atoms. The molecule has 0 saturated heterocycles. The topological polar surface area (TPSA) is 93.9 Å². The van der Waals surface area contributed by atoms with E-state index in [1.807, 2.05) is 30.3 Å². The van der Waals surface area contributed by atoms with E-state index < -0.39 is 0 Å². The Labute approximate surface area is 170 Å². The highest BCUT2D eigenvalue weighted by Gasteiger charge is 2.10. The van der Waals surface area contributed by atoms with Crippen molar-refractivity contribution in [1.29, 1.82) is 5.26 Å². The first-order valence-corrected chi connectivity index (χ1v) is 9.40. The lowest BCUT2D eigenvalue weighted by molar-refractivity contribution is 0.102. The molecule has 0 unspecified atom stereocenters. The van der Waals surface area contributed by atoms with E-state index in [4.69, 9.17) is 5.26 Å². The second-order valence-corrected chi connectivity index (χ2v) is 6.29. The third kappa shape index (κ3) is 5.08. The van der Waals surface area contributed by atoms with E-state index in [1.54, 1.807) is 30.3 Å². The molecule has 146 valence electrons. The molecule has 0 saturated carbocycles. The molecule has 3 rings (SSSR count). The zero-order valence-electron chi connectivity index (χ0n) is 16.4. The van der Waals surface area contributed by atoms with E-state index in [0.29, 0.717) is 17.1 Å². The van der Waals surface area contributed by atoms with Crippen LogP contribution in [0, 0.1) is 11.3 Å². The van der Waals surface area contributed by atoms with Gasteiger partial charge in [-0.15, -0.1) is 10.2 Å². The van der Waals surface area contributed by atoms with Crippen LogP contribution in [0.5, 0.6) is 0 Å². The van der Waals surface area contributed by atoms with Crippen LogP contribution in [0.25, 0.3) is 0 Å². The number of hydrogen-bond acceptors (Lipinski definition) is 6. The Morgan fingerprint density at radius 3 is 2.38 bits per heavy atom. The van der Waals surface area contributed by atoms with Crippen molar-refractivity contribution in [3.8, 4) is 6.07 Å². The van der Waals surface area contributed by atoms with Crippen LogP contribution < -0.4 is 15.5 Å². The summed E-state index contributed by atoms with van der Waals surface area (Å²) in [5, 5.41) is 22.9. The standard InChI is InChI=1S/C22H22N6O/c1-3-28(4-2)19-10-8-17(9-11-19)25-22(29)20-12-13-21(27-26-20)24-18-7-5-6-16(14-18)15-23/h5-14H,3-4H2,1-2H3,(H,24,27)(H,25,29). The first-order valence-electron chi connectivity index (χ1n) is 9.40. The minimum Gasteiger partial charge on any atom is -0.372 e. The molecule has 2 aromatic carbocycles. The molecule has 1 amide bonds. The Morgan fingerprint density at radius 1 is 1.00 bits per heavy atom. The van der Waals surface area contributed by atoms with E-state index in [0.717, 1.165) is 24.5 Å². The van der Waals surface area contributed by atoms with Crippen molar-refractivity contribution in [2.75, 3.05) is 28.6 Å². The lowest BCUT2D eigenvalue weighted by Crippen LogP contribution is -2.21. The highest BCUT2D eigenvalue weighted by Crippen LogP contribution is 2.19. The van der Waals surface area contributed by atoms with Gasteiger partial charge in [0.05, 0.1) is 11.6 Å². The summed E-state index contributed by atoms with van der Waals surface area (Å²) < 4.78 is 0. The van der Waals surface area contributed by atoms with Crippen LogP contribution in [0.3, 0.4) is 0 Å². The molecule has 0 aliphatic carbocycles. The van der Waals surface area contributed by atoms with E-state index in [1.165, 1.54) is 0 Å². The molecule has 0 fully saturated rings. The lowest BCUT2D eigenvalue weighted by atomic mass is 10.2. The number of carbonyl (C=O) groups excluding carboxylic acids is 1. The number of nitrogens with one attached hydrogen (secondary N) is 2. The van der Waals surface area contributed by atoms with Crippen molar-refractivity contribution < 1.29 is 4.79 Å². The van der Waals surface area contributed by atoms with Gasteiger partial charge in [0.1, 0.15) is 0 Å². The number of rotatable bonds is 7. The Balaban J connectivity index is 1.63. The van der Waals surface area contributed by atoms with Gasteiger partial charge in [-0.3, -0.25) is 4.79 Å². The van der Waals surface area contributed by atoms with E-state index in [2.05, 4.69) is 45.6 Å². The molecular weight excluding hydrogens is 364 g/mol. The van der Waals surface area contributed by atoms with Crippen molar-refractivity contribution in [3.63, 3.8) is 0 Å². The molecule has 0 atom stereocenters. The van der Waals surface area contributed by atoms with Gasteiger partial charge >= 0.3 is 0 Å². The lowest BCUT2D eigenvalue weighted by Gasteiger charge is -2.21. The van der Waals surface area contributed by atoms with Gasteiger partial charge in [0.15, 0.2) is 11.5 Å². The molecule has 0 spiro atoms. The molecule has 7 nitrogen and oxygen atoms in total. The number of nitriles is 1. The molecule has 0 radical (unpaired) electrons. The zero-order valence-corrected chi connectivity index (χ0v) is 16.4. The third-order valence-corrected chi connectivity index (χ3v) is 4.42. The largest absolute Gasteiger partial charge is 0.372 e. The Kier molecular flexibility index (Phi) is 6.38. The third-order valence-electron chi connectivity index (χ3n) is 4.42. The summed E-state index contributed by atoms with van der Waals surface area (Å²) >= 11 is 0. The molecular formula is C22H22N6O. The average molecular weight is 386 g/mol. The summed E-state index contributed by atoms with van der Waals surface area (Å²) in [4.78, 5) is 14.6. The molecule has 1 heterocycles. The average Bonchev–Trinajstić information content (AvgIpc) is 2.76. The highest BCUT2D eigenvalue weighted by atomic mass is 16.1. The fourth-order valence-electron chi connectivity index (χ4n) is 2.87. The number of carbonyl (C=O) groups is 1. The summed E-state index contributed by atoms with van der Waals surface area (Å²) in [6.07, 6.45) is 0. The smallest absolute Gasteiger partial charge is 0.276 e. The number of aromatic nitrogens is 2. The SMILES string of the molecule is CCN(CC)c1ccc(NC(=O)c2ccc(Nc3cccc(C#N)c3)nn2)cc1. The van der Waals surface area contributed by atoms with Gasteiger partial charge in [0.25, 0.3) is 5.91 Å². The van der Waals surface area contributed by atoms with Crippen LogP contribution >= 0.6 is 0 Å². The number of anilines is 4. The van der Waals surface area contributed by atoms with E-state index in [9.17, 15) is 4.79 Å². The van der Waals surface area contributed by atoms with Crippen molar-refractivity contribution >= 4 is 28.8 Å². The normalized spacial score (nSPS) is 10.1. The maximum atomic E-state index is 12.4. The van der Waals surface area contributed by atoms with Gasteiger partial charge in [-0.2, -0.15) is 5.26 Å². The monoisotopic (exact) mass is 386 g/mol. The maximum Gasteiger partial charge on any atom is 0.276 e. The molecule has 3 aromatic rings. The summed E-state index contributed by atoms with van der Waals surface area (Å²) in [7, 11) is 0. The van der Waals surface area contributed by atoms with Crippen LogP contribution in [0.1, 0.15) is 29.9 Å². The van der Waals surface area contributed by atoms with Gasteiger partial charge in [-0.25, -0.2) is 0 Å². The van der Waals surface area contributed by atoms with Crippen molar-refractivity contribution in [1.82, 2.24) is 10.2 Å². The predicted octanol–water partition coefficient (Wildman–Crippen LogP) is 4.19. The number of nitrogens with zero attached hydrogens (tertiary/aromatic N) is 4. The fraction of sp³-hybridized carbons (Fsp3) is 0.182. The zero-order chi connectivity index (χ0) is 20.6. The van der Waals surface area contributed by atoms with Crippen LogP contribution in [0.4, 0.5) is 22.9 Å². The first-order chi connectivity index (χ1) is 14.1. The van der Waals surface area contributed by atoms with Gasteiger partial charge in [-0.1, -0.05) is 6.07 Å². The van der Waals surface area contributed by atoms with Gasteiger partial charge in [0, 0.05) is 30.2 Å². The maximum absolute atomic E-state index is 12.4. The second-order valence-electron chi connectivity index (χ2n) is 6.29. The van der Waals surface area contributed by atoms with Gasteiger partial charge < -0.3 is 15.5 Å². The molecule has 0 bridgehead atoms. The fourth-order valence-corrected chi connectivity index (χ4v) is 2.87. The summed E-state index contributed by atoms with van der Waals surface area (Å²) in [6, 6.07) is 20.1. The van der Waals surface area contributed by atoms with Crippen molar-refractivity contribution in [2.24, 2.45) is 0 Å². The number of benzene rings is 2. The van der Waals surface area contributed by atoms with E-state index in [-0.39, 0.29) is 11.6 Å². The second kappa shape index (κ2) is 9.33. The van der Waals surface area contributed by atoms with Crippen LogP contribution in [0.15, 0.2) is 60.7 Å². The Hall–Kier alpha value is -3.92. The van der Waals surface area contributed by atoms with E-state index >= 15 is 0 Å². The molecule has 2 N–H and O–H groups in total. The Bertz CT molecular complexity index is 1000. The quantitative estimate of drug-likeness (QED) is 0.632. The van der Waals surface area contributed by atoms with Crippen LogP contribution in [0.2, 0.25) is 0 Å². The van der Waals surface area contributed by atoms with Crippen molar-refractivity contribution in [3.05, 3.63) is 71.9 Å². The number of amides is 1. The minimum atomic E-state index is -0.328. The van der Waals surface area contributed by atoms with Gasteiger partial charge in [0.2, 0.25) is 0 Å². The van der Waals surface area contributed by atoms with Crippen molar-refractivity contribution in [2.45, 2.75) is 13.8 Å². The van der Waals surface area contributed by atoms with Crippen LogP contribution in [-0.2, 0) is 0 Å². The Morgan fingerprint density at radius 2 is 1.76 bits per heavy atom. The summed E-state index contributed by atoms with van der Waals surface area (Å²) in [5.74, 6) is 0.159. The minimum absolute atomic E-state index is 0.217. The first kappa shape index (κ1) is 19.8. The molecule has 0 aliphatic heterocycles. The molecule has 7 heteroatoms. The molecule has 0 aliphatic rings. The molecule has 1 aromatic heterocycles. The van der Waals surface area contributed by atoms with Crippen LogP contribution in [-0.4, -0.2) is 29.2 Å².